The summed E-state index contributed by atoms with van der Waals surface area (Å²) in [6, 6.07) is 5.79. The van der Waals surface area contributed by atoms with Gasteiger partial charge in [0.2, 0.25) is 0 Å². The van der Waals surface area contributed by atoms with Gasteiger partial charge < -0.3 is 15.4 Å². The third-order valence-electron chi connectivity index (χ3n) is 3.23. The van der Waals surface area contributed by atoms with Crippen molar-refractivity contribution in [3.8, 4) is 5.75 Å². The molecule has 1 unspecified atom stereocenters. The van der Waals surface area contributed by atoms with Crippen molar-refractivity contribution in [3.05, 3.63) is 28.8 Å². The highest BCUT2D eigenvalue weighted by atomic mass is 35.5. The average molecular weight is 269 g/mol. The summed E-state index contributed by atoms with van der Waals surface area (Å²) in [5.74, 6) is 1.68. The first kappa shape index (κ1) is 13.7. The zero-order valence-electron chi connectivity index (χ0n) is 10.8. The average Bonchev–Trinajstić information content (AvgIpc) is 2.86. The molecule has 1 saturated heterocycles. The van der Waals surface area contributed by atoms with Crippen LogP contribution in [0.5, 0.6) is 5.75 Å². The molecule has 0 amide bonds. The predicted molar refractivity (Wildman–Crippen MR) is 75.3 cm³/mol. The molecule has 1 atom stereocenters. The second-order valence-electron chi connectivity index (χ2n) is 4.67. The highest BCUT2D eigenvalue weighted by Crippen LogP contribution is 2.23. The van der Waals surface area contributed by atoms with Crippen LogP contribution in [0.4, 0.5) is 0 Å². The highest BCUT2D eigenvalue weighted by Gasteiger charge is 2.13. The van der Waals surface area contributed by atoms with Gasteiger partial charge in [0.15, 0.2) is 0 Å². The zero-order chi connectivity index (χ0) is 12.8. The molecule has 0 aromatic heterocycles. The van der Waals surface area contributed by atoms with Gasteiger partial charge in [0.1, 0.15) is 5.75 Å². The Morgan fingerprint density at radius 1 is 1.50 bits per heavy atom. The summed E-state index contributed by atoms with van der Waals surface area (Å²) in [6.45, 7) is 6.81. The second kappa shape index (κ2) is 6.98. The molecule has 18 heavy (non-hydrogen) atoms. The van der Waals surface area contributed by atoms with Gasteiger partial charge in [-0.25, -0.2) is 0 Å². The lowest BCUT2D eigenvalue weighted by Gasteiger charge is -2.13. The van der Waals surface area contributed by atoms with Crippen molar-refractivity contribution in [1.82, 2.24) is 10.6 Å². The zero-order valence-corrected chi connectivity index (χ0v) is 11.6. The fourth-order valence-corrected chi connectivity index (χ4v) is 2.48. The molecule has 0 spiro atoms. The molecule has 1 aromatic carbocycles. The summed E-state index contributed by atoms with van der Waals surface area (Å²) < 4.78 is 5.60. The lowest BCUT2D eigenvalue weighted by atomic mass is 10.1. The molecule has 0 bridgehead atoms. The maximum atomic E-state index is 6.03. The maximum absolute atomic E-state index is 6.03. The number of rotatable bonds is 6. The Kier molecular flexibility index (Phi) is 5.29. The van der Waals surface area contributed by atoms with E-state index in [2.05, 4.69) is 10.6 Å². The van der Waals surface area contributed by atoms with Crippen LogP contribution in [0.1, 0.15) is 18.9 Å². The van der Waals surface area contributed by atoms with E-state index >= 15 is 0 Å². The third kappa shape index (κ3) is 3.87. The fraction of sp³-hybridized carbons (Fsp3) is 0.571. The van der Waals surface area contributed by atoms with E-state index in [0.717, 1.165) is 48.4 Å². The molecule has 1 aromatic rings. The van der Waals surface area contributed by atoms with Gasteiger partial charge in [0.05, 0.1) is 6.61 Å². The minimum Gasteiger partial charge on any atom is -0.494 e. The molecule has 4 heteroatoms. The van der Waals surface area contributed by atoms with Gasteiger partial charge in [-0.3, -0.25) is 0 Å². The van der Waals surface area contributed by atoms with Gasteiger partial charge in [-0.2, -0.15) is 0 Å². The van der Waals surface area contributed by atoms with Crippen LogP contribution in [0.3, 0.4) is 0 Å². The van der Waals surface area contributed by atoms with Crippen LogP contribution in [0, 0.1) is 5.92 Å². The van der Waals surface area contributed by atoms with E-state index in [9.17, 15) is 0 Å². The van der Waals surface area contributed by atoms with E-state index in [1.807, 2.05) is 25.1 Å². The first-order valence-electron chi connectivity index (χ1n) is 6.62. The normalized spacial score (nSPS) is 19.1. The lowest BCUT2D eigenvalue weighted by molar-refractivity contribution is 0.335. The SMILES string of the molecule is CCOc1ccc(Cl)cc1CNCC1CCNC1. The van der Waals surface area contributed by atoms with Crippen molar-refractivity contribution in [1.29, 1.82) is 0 Å². The summed E-state index contributed by atoms with van der Waals surface area (Å²) >= 11 is 6.03. The first-order chi connectivity index (χ1) is 8.79. The van der Waals surface area contributed by atoms with Gasteiger partial charge >= 0.3 is 0 Å². The van der Waals surface area contributed by atoms with Crippen molar-refractivity contribution >= 4 is 11.6 Å². The first-order valence-corrected chi connectivity index (χ1v) is 7.00. The summed E-state index contributed by atoms with van der Waals surface area (Å²) in [4.78, 5) is 0. The van der Waals surface area contributed by atoms with E-state index in [0.29, 0.717) is 6.61 Å². The van der Waals surface area contributed by atoms with E-state index in [-0.39, 0.29) is 0 Å². The lowest BCUT2D eigenvalue weighted by Crippen LogP contribution is -2.24. The second-order valence-corrected chi connectivity index (χ2v) is 5.11. The van der Waals surface area contributed by atoms with Gasteiger partial charge in [-0.05, 0) is 57.1 Å². The van der Waals surface area contributed by atoms with Crippen molar-refractivity contribution < 1.29 is 4.74 Å². The maximum Gasteiger partial charge on any atom is 0.123 e. The number of hydrogen-bond acceptors (Lipinski definition) is 3. The molecule has 1 aliphatic heterocycles. The molecule has 2 N–H and O–H groups in total. The van der Waals surface area contributed by atoms with Crippen LogP contribution in [0.2, 0.25) is 5.02 Å². The standard InChI is InChI=1S/C14H21ClN2O/c1-2-18-14-4-3-13(15)7-12(14)10-17-9-11-5-6-16-8-11/h3-4,7,11,16-17H,2,5-6,8-10H2,1H3. The van der Waals surface area contributed by atoms with Gasteiger partial charge in [-0.15, -0.1) is 0 Å². The Labute approximate surface area is 114 Å². The van der Waals surface area contributed by atoms with Gasteiger partial charge in [0, 0.05) is 17.1 Å². The topological polar surface area (TPSA) is 33.3 Å². The number of ether oxygens (including phenoxy) is 1. The van der Waals surface area contributed by atoms with E-state index in [4.69, 9.17) is 16.3 Å². The van der Waals surface area contributed by atoms with Crippen molar-refractivity contribution in [2.75, 3.05) is 26.2 Å². The number of hydrogen-bond donors (Lipinski definition) is 2. The minimum atomic E-state index is 0.682. The quantitative estimate of drug-likeness (QED) is 0.831. The minimum absolute atomic E-state index is 0.682. The fourth-order valence-electron chi connectivity index (χ4n) is 2.28. The van der Waals surface area contributed by atoms with Crippen LogP contribution in [0.25, 0.3) is 0 Å². The summed E-state index contributed by atoms with van der Waals surface area (Å²) in [7, 11) is 0. The summed E-state index contributed by atoms with van der Waals surface area (Å²) in [5, 5.41) is 7.63. The number of benzene rings is 1. The molecular formula is C14H21ClN2O. The summed E-state index contributed by atoms with van der Waals surface area (Å²) in [6.07, 6.45) is 1.26. The Hall–Kier alpha value is -0.770. The third-order valence-corrected chi connectivity index (χ3v) is 3.47. The Balaban J connectivity index is 1.88. The molecule has 0 aliphatic carbocycles. The van der Waals surface area contributed by atoms with E-state index < -0.39 is 0 Å². The van der Waals surface area contributed by atoms with Crippen LogP contribution in [0.15, 0.2) is 18.2 Å². The molecule has 3 nitrogen and oxygen atoms in total. The molecular weight excluding hydrogens is 248 g/mol. The molecule has 0 saturated carbocycles. The Bertz CT molecular complexity index is 378. The summed E-state index contributed by atoms with van der Waals surface area (Å²) in [5.41, 5.74) is 1.13. The van der Waals surface area contributed by atoms with Crippen LogP contribution in [-0.2, 0) is 6.54 Å². The van der Waals surface area contributed by atoms with Crippen molar-refractivity contribution in [3.63, 3.8) is 0 Å². The highest BCUT2D eigenvalue weighted by molar-refractivity contribution is 6.30. The monoisotopic (exact) mass is 268 g/mol. The van der Waals surface area contributed by atoms with E-state index in [1.165, 1.54) is 6.42 Å². The molecule has 1 aliphatic rings. The molecule has 2 rings (SSSR count). The molecule has 1 heterocycles. The van der Waals surface area contributed by atoms with Crippen LogP contribution >= 0.6 is 11.6 Å². The number of nitrogens with one attached hydrogen (secondary N) is 2. The van der Waals surface area contributed by atoms with Gasteiger partial charge in [0.25, 0.3) is 0 Å². The largest absolute Gasteiger partial charge is 0.494 e. The van der Waals surface area contributed by atoms with Crippen LogP contribution in [-0.4, -0.2) is 26.2 Å². The van der Waals surface area contributed by atoms with Crippen molar-refractivity contribution in [2.45, 2.75) is 19.9 Å². The number of halogens is 1. The smallest absolute Gasteiger partial charge is 0.123 e. The Morgan fingerprint density at radius 2 is 2.39 bits per heavy atom. The van der Waals surface area contributed by atoms with Crippen molar-refractivity contribution in [2.24, 2.45) is 5.92 Å². The van der Waals surface area contributed by atoms with Crippen LogP contribution < -0.4 is 15.4 Å². The molecule has 100 valence electrons. The molecule has 0 radical (unpaired) electrons. The van der Waals surface area contributed by atoms with Gasteiger partial charge in [-0.1, -0.05) is 11.6 Å². The van der Waals surface area contributed by atoms with E-state index in [1.54, 1.807) is 0 Å². The predicted octanol–water partition coefficient (Wildman–Crippen LogP) is 2.44. The molecule has 1 fully saturated rings. The Morgan fingerprint density at radius 3 is 3.11 bits per heavy atom.